The molecule has 0 bridgehead atoms. The van der Waals surface area contributed by atoms with E-state index in [2.05, 4.69) is 43.4 Å². The Hall–Kier alpha value is -2.33. The first-order valence-corrected chi connectivity index (χ1v) is 9.76. The highest BCUT2D eigenvalue weighted by molar-refractivity contribution is 5.99. The van der Waals surface area contributed by atoms with E-state index in [1.807, 2.05) is 31.2 Å². The largest absolute Gasteiger partial charge is 0.491 e. The molecular weight excluding hydrogens is 338 g/mol. The molecule has 0 spiro atoms. The maximum atomic E-state index is 13.3. The van der Waals surface area contributed by atoms with Crippen LogP contribution in [0.2, 0.25) is 0 Å². The first kappa shape index (κ1) is 19.4. The molecule has 1 saturated heterocycles. The number of ether oxygens (including phenoxy) is 2. The second-order valence-electron chi connectivity index (χ2n) is 7.38. The fourth-order valence-electron chi connectivity index (χ4n) is 3.42. The number of amides is 1. The predicted octanol–water partition coefficient (Wildman–Crippen LogP) is 4.86. The minimum absolute atomic E-state index is 0.0326. The topological polar surface area (TPSA) is 47.6 Å². The van der Waals surface area contributed by atoms with E-state index >= 15 is 0 Å². The van der Waals surface area contributed by atoms with Crippen molar-refractivity contribution >= 4 is 11.6 Å². The molecule has 1 heterocycles. The van der Waals surface area contributed by atoms with E-state index in [0.29, 0.717) is 26.1 Å². The summed E-state index contributed by atoms with van der Waals surface area (Å²) in [4.78, 5) is 13.3. The van der Waals surface area contributed by atoms with Crippen molar-refractivity contribution < 1.29 is 14.3 Å². The van der Waals surface area contributed by atoms with Crippen molar-refractivity contribution in [1.29, 1.82) is 0 Å². The summed E-state index contributed by atoms with van der Waals surface area (Å²) in [6, 6.07) is 15.9. The van der Waals surface area contributed by atoms with Gasteiger partial charge in [0.1, 0.15) is 5.75 Å². The molecule has 1 aliphatic heterocycles. The van der Waals surface area contributed by atoms with Gasteiger partial charge in [0.05, 0.1) is 11.5 Å². The Morgan fingerprint density at radius 3 is 2.33 bits per heavy atom. The predicted molar refractivity (Wildman–Crippen MR) is 108 cm³/mol. The van der Waals surface area contributed by atoms with Gasteiger partial charge in [-0.15, -0.1) is 0 Å². The molecule has 2 aromatic carbocycles. The maximum Gasteiger partial charge on any atom is 0.235 e. The number of hydrogen-bond acceptors (Lipinski definition) is 3. The highest BCUT2D eigenvalue weighted by Gasteiger charge is 2.41. The average Bonchev–Trinajstić information content (AvgIpc) is 2.70. The van der Waals surface area contributed by atoms with Gasteiger partial charge in [0, 0.05) is 18.9 Å². The number of nitrogens with one attached hydrogen (secondary N) is 1. The molecule has 0 radical (unpaired) electrons. The number of benzene rings is 2. The molecule has 1 atom stereocenters. The maximum absolute atomic E-state index is 13.3. The van der Waals surface area contributed by atoms with Crippen LogP contribution in [0, 0.1) is 6.92 Å². The molecule has 2 aromatic rings. The molecule has 144 valence electrons. The van der Waals surface area contributed by atoms with Crippen molar-refractivity contribution in [2.24, 2.45) is 0 Å². The lowest BCUT2D eigenvalue weighted by molar-refractivity contribution is -0.125. The zero-order valence-corrected chi connectivity index (χ0v) is 16.5. The summed E-state index contributed by atoms with van der Waals surface area (Å²) < 4.78 is 11.3. The first-order chi connectivity index (χ1) is 13.0. The van der Waals surface area contributed by atoms with Crippen LogP contribution in [0.5, 0.6) is 5.75 Å². The molecule has 3 rings (SSSR count). The number of carbonyl (C=O) groups is 1. The Morgan fingerprint density at radius 2 is 1.74 bits per heavy atom. The third-order valence-electron chi connectivity index (χ3n) is 5.41. The number of rotatable bonds is 6. The summed E-state index contributed by atoms with van der Waals surface area (Å²) >= 11 is 0. The molecular formula is C23H29NO3. The lowest BCUT2D eigenvalue weighted by Crippen LogP contribution is -2.44. The van der Waals surface area contributed by atoms with Crippen molar-refractivity contribution in [2.45, 2.75) is 51.6 Å². The van der Waals surface area contributed by atoms with Crippen molar-refractivity contribution in [3.05, 3.63) is 59.7 Å². The van der Waals surface area contributed by atoms with Crippen LogP contribution in [0.3, 0.4) is 0 Å². The van der Waals surface area contributed by atoms with E-state index in [4.69, 9.17) is 9.47 Å². The highest BCUT2D eigenvalue weighted by Crippen LogP contribution is 2.36. The zero-order chi connectivity index (χ0) is 19.3. The molecule has 1 N–H and O–H groups in total. The molecule has 0 aliphatic carbocycles. The van der Waals surface area contributed by atoms with Gasteiger partial charge in [0.2, 0.25) is 5.91 Å². The second kappa shape index (κ2) is 8.57. The van der Waals surface area contributed by atoms with Crippen molar-refractivity contribution in [3.8, 4) is 5.75 Å². The van der Waals surface area contributed by atoms with E-state index in [1.165, 1.54) is 5.56 Å². The van der Waals surface area contributed by atoms with E-state index in [1.54, 1.807) is 0 Å². The van der Waals surface area contributed by atoms with Gasteiger partial charge in [-0.25, -0.2) is 0 Å². The quantitative estimate of drug-likeness (QED) is 0.793. The summed E-state index contributed by atoms with van der Waals surface area (Å²) in [5.41, 5.74) is 2.50. The number of carbonyl (C=O) groups excluding carboxylic acids is 1. The first-order valence-electron chi connectivity index (χ1n) is 9.76. The molecule has 0 saturated carbocycles. The summed E-state index contributed by atoms with van der Waals surface area (Å²) in [5.74, 6) is 0.854. The van der Waals surface area contributed by atoms with E-state index in [-0.39, 0.29) is 12.0 Å². The van der Waals surface area contributed by atoms with Crippen LogP contribution in [-0.4, -0.2) is 25.2 Å². The normalized spacial score (nSPS) is 17.1. The van der Waals surface area contributed by atoms with Crippen LogP contribution in [0.25, 0.3) is 0 Å². The van der Waals surface area contributed by atoms with Crippen molar-refractivity contribution in [1.82, 2.24) is 0 Å². The van der Waals surface area contributed by atoms with Crippen LogP contribution in [0.1, 0.15) is 44.2 Å². The molecule has 1 fully saturated rings. The standard InChI is InChI=1S/C23H29NO3/c1-4-18(3)27-21-11-9-20(10-12-21)24-22(25)23(13-15-26-16-14-23)19-7-5-17(2)6-8-19/h5-12,18H,4,13-16H2,1-3H3,(H,24,25)/t18-/m0/s1. The van der Waals surface area contributed by atoms with Crippen LogP contribution < -0.4 is 10.1 Å². The van der Waals surface area contributed by atoms with Gasteiger partial charge in [0.25, 0.3) is 0 Å². The minimum atomic E-state index is -0.544. The SMILES string of the molecule is CC[C@H](C)Oc1ccc(NC(=O)C2(c3ccc(C)cc3)CCOCC2)cc1. The Labute approximate surface area is 161 Å². The number of aryl methyl sites for hydroxylation is 1. The number of anilines is 1. The Morgan fingerprint density at radius 1 is 1.11 bits per heavy atom. The monoisotopic (exact) mass is 367 g/mol. The van der Waals surface area contributed by atoms with Crippen LogP contribution in [0.15, 0.2) is 48.5 Å². The van der Waals surface area contributed by atoms with Gasteiger partial charge in [-0.05, 0) is 62.9 Å². The summed E-state index contributed by atoms with van der Waals surface area (Å²) in [7, 11) is 0. The summed E-state index contributed by atoms with van der Waals surface area (Å²) in [6.07, 6.45) is 2.52. The van der Waals surface area contributed by atoms with E-state index < -0.39 is 5.41 Å². The Kier molecular flexibility index (Phi) is 6.17. The molecule has 1 amide bonds. The van der Waals surface area contributed by atoms with Crippen LogP contribution >= 0.6 is 0 Å². The van der Waals surface area contributed by atoms with Crippen LogP contribution in [0.4, 0.5) is 5.69 Å². The second-order valence-corrected chi connectivity index (χ2v) is 7.38. The minimum Gasteiger partial charge on any atom is -0.491 e. The fraction of sp³-hybridized carbons (Fsp3) is 0.435. The summed E-state index contributed by atoms with van der Waals surface area (Å²) in [5, 5.41) is 3.11. The van der Waals surface area contributed by atoms with E-state index in [9.17, 15) is 4.79 Å². The fourth-order valence-corrected chi connectivity index (χ4v) is 3.42. The van der Waals surface area contributed by atoms with Crippen LogP contribution in [-0.2, 0) is 14.9 Å². The van der Waals surface area contributed by atoms with Gasteiger partial charge < -0.3 is 14.8 Å². The Bertz CT molecular complexity index is 746. The third kappa shape index (κ3) is 4.51. The molecule has 4 heteroatoms. The average molecular weight is 367 g/mol. The zero-order valence-electron chi connectivity index (χ0n) is 16.5. The molecule has 27 heavy (non-hydrogen) atoms. The summed E-state index contributed by atoms with van der Waals surface area (Å²) in [6.45, 7) is 7.40. The van der Waals surface area contributed by atoms with Gasteiger partial charge in [0.15, 0.2) is 0 Å². The molecule has 1 aliphatic rings. The van der Waals surface area contributed by atoms with Gasteiger partial charge in [-0.1, -0.05) is 36.8 Å². The van der Waals surface area contributed by atoms with Crippen molar-refractivity contribution in [3.63, 3.8) is 0 Å². The van der Waals surface area contributed by atoms with Gasteiger partial charge in [-0.2, -0.15) is 0 Å². The van der Waals surface area contributed by atoms with E-state index in [0.717, 1.165) is 23.4 Å². The van der Waals surface area contributed by atoms with Crippen molar-refractivity contribution in [2.75, 3.05) is 18.5 Å². The molecule has 4 nitrogen and oxygen atoms in total. The molecule has 0 aromatic heterocycles. The third-order valence-corrected chi connectivity index (χ3v) is 5.41. The lowest BCUT2D eigenvalue weighted by atomic mass is 9.73. The van der Waals surface area contributed by atoms with Gasteiger partial charge >= 0.3 is 0 Å². The van der Waals surface area contributed by atoms with Gasteiger partial charge in [-0.3, -0.25) is 4.79 Å². The smallest absolute Gasteiger partial charge is 0.235 e. The Balaban J connectivity index is 1.78. The molecule has 0 unspecified atom stereocenters. The highest BCUT2D eigenvalue weighted by atomic mass is 16.5. The lowest BCUT2D eigenvalue weighted by Gasteiger charge is -2.36. The number of hydrogen-bond donors (Lipinski definition) is 1.